The number of rotatable bonds is 4. The molecule has 0 bridgehead atoms. The van der Waals surface area contributed by atoms with Gasteiger partial charge in [0.15, 0.2) is 5.76 Å². The average Bonchev–Trinajstić information content (AvgIpc) is 3.15. The molecule has 0 aliphatic carbocycles. The fourth-order valence-corrected chi connectivity index (χ4v) is 2.16. The van der Waals surface area contributed by atoms with Gasteiger partial charge in [-0.05, 0) is 38.1 Å². The molecule has 0 saturated heterocycles. The summed E-state index contributed by atoms with van der Waals surface area (Å²) in [6.45, 7) is 3.59. The number of alkyl halides is 1. The summed E-state index contributed by atoms with van der Waals surface area (Å²) in [6.07, 6.45) is 3.42. The molecule has 0 saturated carbocycles. The maximum absolute atomic E-state index is 12.5. The minimum absolute atomic E-state index is 0.166. The van der Waals surface area contributed by atoms with Crippen LogP contribution in [-0.2, 0) is 4.79 Å². The molecule has 0 unspecified atom stereocenters. The molecule has 114 valence electrons. The van der Waals surface area contributed by atoms with Crippen LogP contribution in [0.3, 0.4) is 0 Å². The maximum atomic E-state index is 12.5. The fraction of sp³-hybridized carbons (Fsp3) is 0.250. The van der Waals surface area contributed by atoms with Crippen molar-refractivity contribution in [2.45, 2.75) is 13.8 Å². The normalized spacial score (nSPS) is 11.8. The number of hydrogen-bond donors (Lipinski definition) is 1. The summed E-state index contributed by atoms with van der Waals surface area (Å²) in [7, 11) is 0. The van der Waals surface area contributed by atoms with Crippen molar-refractivity contribution in [1.29, 1.82) is 0 Å². The molecule has 1 N–H and O–H groups in total. The SMILES string of the molecule is CC(C)(CCl)C(=O)Nc1c(-c2ccco2)nc2ccccn12. The van der Waals surface area contributed by atoms with E-state index >= 15 is 0 Å². The van der Waals surface area contributed by atoms with Crippen molar-refractivity contribution in [1.82, 2.24) is 9.38 Å². The van der Waals surface area contributed by atoms with E-state index in [4.69, 9.17) is 16.0 Å². The van der Waals surface area contributed by atoms with Gasteiger partial charge in [0.1, 0.15) is 17.2 Å². The number of nitrogens with one attached hydrogen (secondary N) is 1. The zero-order valence-electron chi connectivity index (χ0n) is 12.3. The monoisotopic (exact) mass is 317 g/mol. The van der Waals surface area contributed by atoms with Gasteiger partial charge in [-0.1, -0.05) is 6.07 Å². The highest BCUT2D eigenvalue weighted by atomic mass is 35.5. The lowest BCUT2D eigenvalue weighted by Gasteiger charge is -2.20. The summed E-state index contributed by atoms with van der Waals surface area (Å²) < 4.78 is 7.25. The number of fused-ring (bicyclic) bond motifs is 1. The van der Waals surface area contributed by atoms with E-state index in [0.717, 1.165) is 5.65 Å². The molecule has 0 aromatic carbocycles. The van der Waals surface area contributed by atoms with E-state index in [1.165, 1.54) is 0 Å². The van der Waals surface area contributed by atoms with E-state index in [0.29, 0.717) is 17.3 Å². The molecule has 0 aliphatic rings. The zero-order chi connectivity index (χ0) is 15.7. The van der Waals surface area contributed by atoms with Gasteiger partial charge in [-0.3, -0.25) is 9.20 Å². The highest BCUT2D eigenvalue weighted by Gasteiger charge is 2.29. The summed E-state index contributed by atoms with van der Waals surface area (Å²) in [5.74, 6) is 1.24. The Morgan fingerprint density at radius 1 is 1.36 bits per heavy atom. The second-order valence-electron chi connectivity index (χ2n) is 5.69. The molecule has 0 radical (unpaired) electrons. The number of hydrogen-bond acceptors (Lipinski definition) is 3. The highest BCUT2D eigenvalue weighted by molar-refractivity contribution is 6.20. The summed E-state index contributed by atoms with van der Waals surface area (Å²) in [5.41, 5.74) is 0.642. The van der Waals surface area contributed by atoms with E-state index in [-0.39, 0.29) is 11.8 Å². The number of nitrogens with zero attached hydrogens (tertiary/aromatic N) is 2. The Balaban J connectivity index is 2.11. The van der Waals surface area contributed by atoms with Crippen LogP contribution in [0.2, 0.25) is 0 Å². The fourth-order valence-electron chi connectivity index (χ4n) is 2.04. The van der Waals surface area contributed by atoms with Crippen molar-refractivity contribution in [3.8, 4) is 11.5 Å². The van der Waals surface area contributed by atoms with E-state index in [1.54, 1.807) is 26.2 Å². The molecular formula is C16H16ClN3O2. The smallest absolute Gasteiger partial charge is 0.232 e. The number of carbonyl (C=O) groups excluding carboxylic acids is 1. The van der Waals surface area contributed by atoms with Crippen molar-refractivity contribution < 1.29 is 9.21 Å². The van der Waals surface area contributed by atoms with Gasteiger partial charge in [-0.25, -0.2) is 4.98 Å². The van der Waals surface area contributed by atoms with Gasteiger partial charge in [0.2, 0.25) is 5.91 Å². The largest absolute Gasteiger partial charge is 0.463 e. The molecule has 3 heterocycles. The first-order valence-corrected chi connectivity index (χ1v) is 7.45. The zero-order valence-corrected chi connectivity index (χ0v) is 13.1. The van der Waals surface area contributed by atoms with E-state index in [9.17, 15) is 4.79 Å². The number of aromatic nitrogens is 2. The molecule has 22 heavy (non-hydrogen) atoms. The number of furan rings is 1. The minimum Gasteiger partial charge on any atom is -0.463 e. The van der Waals surface area contributed by atoms with Crippen LogP contribution in [0, 0.1) is 5.41 Å². The van der Waals surface area contributed by atoms with E-state index in [2.05, 4.69) is 10.3 Å². The number of anilines is 1. The summed E-state index contributed by atoms with van der Waals surface area (Å²) in [6, 6.07) is 9.23. The molecule has 3 aromatic rings. The van der Waals surface area contributed by atoms with Crippen molar-refractivity contribution in [2.24, 2.45) is 5.41 Å². The molecule has 3 aromatic heterocycles. The van der Waals surface area contributed by atoms with Crippen LogP contribution >= 0.6 is 11.6 Å². The quantitative estimate of drug-likeness (QED) is 0.745. The van der Waals surface area contributed by atoms with Crippen LogP contribution in [0.15, 0.2) is 47.2 Å². The van der Waals surface area contributed by atoms with Gasteiger partial charge in [0, 0.05) is 12.1 Å². The topological polar surface area (TPSA) is 59.5 Å². The first kappa shape index (κ1) is 14.7. The van der Waals surface area contributed by atoms with Gasteiger partial charge in [-0.2, -0.15) is 0 Å². The molecule has 1 amide bonds. The Labute approximate surface area is 132 Å². The Kier molecular flexibility index (Phi) is 3.66. The summed E-state index contributed by atoms with van der Waals surface area (Å²) >= 11 is 5.88. The number of imidazole rings is 1. The number of carbonyl (C=O) groups is 1. The molecule has 0 fully saturated rings. The first-order valence-electron chi connectivity index (χ1n) is 6.91. The number of pyridine rings is 1. The first-order chi connectivity index (χ1) is 10.5. The van der Waals surface area contributed by atoms with Gasteiger partial charge < -0.3 is 9.73 Å². The molecule has 5 nitrogen and oxygen atoms in total. The van der Waals surface area contributed by atoms with Gasteiger partial charge >= 0.3 is 0 Å². The highest BCUT2D eigenvalue weighted by Crippen LogP contribution is 2.30. The van der Waals surface area contributed by atoms with Crippen LogP contribution in [0.4, 0.5) is 5.82 Å². The Bertz CT molecular complexity index is 806. The molecule has 3 rings (SSSR count). The van der Waals surface area contributed by atoms with Crippen molar-refractivity contribution in [2.75, 3.05) is 11.2 Å². The van der Waals surface area contributed by atoms with Crippen LogP contribution in [0.1, 0.15) is 13.8 Å². The van der Waals surface area contributed by atoms with E-state index < -0.39 is 5.41 Å². The minimum atomic E-state index is -0.680. The molecule has 6 heteroatoms. The Morgan fingerprint density at radius 3 is 2.86 bits per heavy atom. The lowest BCUT2D eigenvalue weighted by Crippen LogP contribution is -2.32. The van der Waals surface area contributed by atoms with Gasteiger partial charge in [-0.15, -0.1) is 11.6 Å². The van der Waals surface area contributed by atoms with Crippen molar-refractivity contribution in [3.63, 3.8) is 0 Å². The standard InChI is InChI=1S/C16H16ClN3O2/c1-16(2,10-17)15(21)19-14-13(11-6-5-9-22-11)18-12-7-3-4-8-20(12)14/h3-9H,10H2,1-2H3,(H,19,21). The third-order valence-electron chi connectivity index (χ3n) is 3.47. The lowest BCUT2D eigenvalue weighted by atomic mass is 9.95. The maximum Gasteiger partial charge on any atom is 0.232 e. The van der Waals surface area contributed by atoms with E-state index in [1.807, 2.05) is 34.9 Å². The van der Waals surface area contributed by atoms with Crippen molar-refractivity contribution in [3.05, 3.63) is 42.8 Å². The van der Waals surface area contributed by atoms with Crippen molar-refractivity contribution >= 4 is 29.0 Å². The Morgan fingerprint density at radius 2 is 2.18 bits per heavy atom. The molecule has 0 aliphatic heterocycles. The molecular weight excluding hydrogens is 302 g/mol. The van der Waals surface area contributed by atoms with Gasteiger partial charge in [0.25, 0.3) is 0 Å². The predicted molar refractivity (Wildman–Crippen MR) is 86.0 cm³/mol. The third kappa shape index (κ3) is 2.48. The van der Waals surface area contributed by atoms with Crippen LogP contribution in [0.5, 0.6) is 0 Å². The average molecular weight is 318 g/mol. The molecule has 0 atom stereocenters. The predicted octanol–water partition coefficient (Wildman–Crippen LogP) is 3.80. The van der Waals surface area contributed by atoms with Gasteiger partial charge in [0.05, 0.1) is 11.7 Å². The third-order valence-corrected chi connectivity index (χ3v) is 4.13. The molecule has 0 spiro atoms. The Hall–Kier alpha value is -2.27. The van der Waals surface area contributed by atoms with Crippen LogP contribution < -0.4 is 5.32 Å². The lowest BCUT2D eigenvalue weighted by molar-refractivity contribution is -0.123. The van der Waals surface area contributed by atoms with Crippen LogP contribution in [-0.4, -0.2) is 21.2 Å². The second-order valence-corrected chi connectivity index (χ2v) is 5.95. The summed E-state index contributed by atoms with van der Waals surface area (Å²) in [5, 5.41) is 2.93. The second kappa shape index (κ2) is 5.50. The van der Waals surface area contributed by atoms with Crippen LogP contribution in [0.25, 0.3) is 17.1 Å². The summed E-state index contributed by atoms with van der Waals surface area (Å²) in [4.78, 5) is 17.0. The number of amides is 1. The number of halogens is 1.